The molecule has 0 fully saturated rings. The maximum absolute atomic E-state index is 9.37. The largest absolute Gasteiger partial charge is 0.440 e. The van der Waals surface area contributed by atoms with Crippen molar-refractivity contribution in [2.75, 3.05) is 5.73 Å². The number of anilines is 1. The fraction of sp³-hybridized carbons (Fsp3) is 0.0667. The van der Waals surface area contributed by atoms with Crippen molar-refractivity contribution in [3.8, 4) is 11.8 Å². The smallest absolute Gasteiger partial charge is 0.205 e. The van der Waals surface area contributed by atoms with E-state index in [2.05, 4.69) is 11.1 Å². The van der Waals surface area contributed by atoms with E-state index in [-0.39, 0.29) is 11.8 Å². The van der Waals surface area contributed by atoms with Crippen LogP contribution in [0.25, 0.3) is 0 Å². The number of hydrogen-bond donors (Lipinski definition) is 2. The number of nitriles is 1. The van der Waals surface area contributed by atoms with Gasteiger partial charge >= 0.3 is 0 Å². The molecule has 0 spiro atoms. The number of nitrogen functional groups attached to an aromatic ring is 1. The van der Waals surface area contributed by atoms with Crippen molar-refractivity contribution in [2.24, 2.45) is 5.73 Å². The molecule has 98 valence electrons. The summed E-state index contributed by atoms with van der Waals surface area (Å²) >= 11 is 0. The lowest BCUT2D eigenvalue weighted by Gasteiger charge is -2.26. The van der Waals surface area contributed by atoms with Gasteiger partial charge < -0.3 is 16.2 Å². The fourth-order valence-corrected chi connectivity index (χ4v) is 2.37. The first-order valence-electron chi connectivity index (χ1n) is 6.07. The summed E-state index contributed by atoms with van der Waals surface area (Å²) in [5.41, 5.74) is 14.4. The van der Waals surface area contributed by atoms with E-state index >= 15 is 0 Å². The van der Waals surface area contributed by atoms with Gasteiger partial charge in [-0.2, -0.15) is 5.26 Å². The molecule has 0 saturated heterocycles. The summed E-state index contributed by atoms with van der Waals surface area (Å²) in [6.07, 6.45) is 3.40. The molecule has 0 amide bonds. The molecule has 0 saturated carbocycles. The molecule has 1 aliphatic rings. The fourth-order valence-electron chi connectivity index (χ4n) is 2.37. The number of hydrogen-bond acceptors (Lipinski definition) is 5. The quantitative estimate of drug-likeness (QED) is 0.766. The predicted octanol–water partition coefficient (Wildman–Crippen LogP) is 1.88. The lowest BCUT2D eigenvalue weighted by molar-refractivity contribution is 0.394. The van der Waals surface area contributed by atoms with E-state index in [0.717, 1.165) is 11.1 Å². The van der Waals surface area contributed by atoms with Crippen molar-refractivity contribution in [3.05, 3.63) is 65.3 Å². The number of ether oxygens (including phenoxy) is 1. The van der Waals surface area contributed by atoms with Crippen LogP contribution in [0.15, 0.2) is 54.2 Å². The summed E-state index contributed by atoms with van der Waals surface area (Å²) in [5.74, 6) is 0.434. The van der Waals surface area contributed by atoms with Gasteiger partial charge in [0.05, 0.1) is 5.92 Å². The molecule has 2 heterocycles. The van der Waals surface area contributed by atoms with Crippen molar-refractivity contribution in [1.29, 1.82) is 5.26 Å². The third-order valence-corrected chi connectivity index (χ3v) is 3.26. The summed E-state index contributed by atoms with van der Waals surface area (Å²) in [4.78, 5) is 4.10. The highest BCUT2D eigenvalue weighted by molar-refractivity contribution is 5.59. The average molecular weight is 264 g/mol. The number of nitrogens with zero attached hydrogens (tertiary/aromatic N) is 2. The molecule has 5 heteroatoms. The lowest BCUT2D eigenvalue weighted by Crippen LogP contribution is -2.21. The van der Waals surface area contributed by atoms with Crippen LogP contribution in [0.5, 0.6) is 5.75 Å². The molecular weight excluding hydrogens is 252 g/mol. The van der Waals surface area contributed by atoms with Gasteiger partial charge in [0.2, 0.25) is 5.88 Å². The Morgan fingerprint density at radius 2 is 2.10 bits per heavy atom. The second-order valence-corrected chi connectivity index (χ2v) is 4.51. The second kappa shape index (κ2) is 4.59. The molecule has 0 unspecified atom stereocenters. The minimum atomic E-state index is -0.305. The Morgan fingerprint density at radius 1 is 1.25 bits per heavy atom. The van der Waals surface area contributed by atoms with Gasteiger partial charge in [0.1, 0.15) is 17.4 Å². The molecule has 5 nitrogen and oxygen atoms in total. The Morgan fingerprint density at radius 3 is 2.80 bits per heavy atom. The summed E-state index contributed by atoms with van der Waals surface area (Å²) in [6, 6.07) is 11.1. The van der Waals surface area contributed by atoms with E-state index in [1.807, 2.05) is 12.1 Å². The highest BCUT2D eigenvalue weighted by Gasteiger charge is 2.30. The number of aromatic nitrogens is 1. The van der Waals surface area contributed by atoms with Crippen LogP contribution < -0.4 is 16.2 Å². The monoisotopic (exact) mass is 264 g/mol. The van der Waals surface area contributed by atoms with Gasteiger partial charge in [0, 0.05) is 23.6 Å². The SMILES string of the molecule is N#CC1=C(N)Oc2ccc(N)cc2[C@H]1c1cccnc1. The van der Waals surface area contributed by atoms with Crippen LogP contribution in [0.1, 0.15) is 17.0 Å². The summed E-state index contributed by atoms with van der Waals surface area (Å²) < 4.78 is 5.50. The standard InChI is InChI=1S/C15H12N4O/c16-7-12-14(9-2-1-5-19-8-9)11-6-10(17)3-4-13(11)20-15(12)18/h1-6,8,14H,17-18H2/t14-/m1/s1. The first kappa shape index (κ1) is 12.1. The molecular formula is C15H12N4O. The summed E-state index contributed by atoms with van der Waals surface area (Å²) in [5, 5.41) is 9.37. The summed E-state index contributed by atoms with van der Waals surface area (Å²) in [6.45, 7) is 0. The Hall–Kier alpha value is -3.00. The van der Waals surface area contributed by atoms with E-state index in [9.17, 15) is 5.26 Å². The second-order valence-electron chi connectivity index (χ2n) is 4.51. The number of rotatable bonds is 1. The van der Waals surface area contributed by atoms with Crippen LogP contribution in [0.2, 0.25) is 0 Å². The number of benzene rings is 1. The highest BCUT2D eigenvalue weighted by Crippen LogP contribution is 2.42. The average Bonchev–Trinajstić information content (AvgIpc) is 2.47. The molecule has 1 atom stereocenters. The molecule has 20 heavy (non-hydrogen) atoms. The maximum atomic E-state index is 9.37. The number of nitrogens with two attached hydrogens (primary N) is 2. The molecule has 2 aromatic rings. The van der Waals surface area contributed by atoms with Gasteiger partial charge in [-0.1, -0.05) is 6.07 Å². The molecule has 1 aromatic heterocycles. The first-order valence-corrected chi connectivity index (χ1v) is 6.07. The third-order valence-electron chi connectivity index (χ3n) is 3.26. The summed E-state index contributed by atoms with van der Waals surface area (Å²) in [7, 11) is 0. The Bertz CT molecular complexity index is 731. The third kappa shape index (κ3) is 1.84. The van der Waals surface area contributed by atoms with Gasteiger partial charge in [-0.3, -0.25) is 4.98 Å². The van der Waals surface area contributed by atoms with Gasteiger partial charge in [0.15, 0.2) is 0 Å². The molecule has 0 bridgehead atoms. The lowest BCUT2D eigenvalue weighted by atomic mass is 9.84. The molecule has 0 radical (unpaired) electrons. The zero-order valence-electron chi connectivity index (χ0n) is 10.6. The highest BCUT2D eigenvalue weighted by atomic mass is 16.5. The zero-order valence-corrected chi connectivity index (χ0v) is 10.6. The Kier molecular flexibility index (Phi) is 2.77. The molecule has 4 N–H and O–H groups in total. The van der Waals surface area contributed by atoms with Crippen LogP contribution in [0, 0.1) is 11.3 Å². The van der Waals surface area contributed by atoms with E-state index in [1.165, 1.54) is 0 Å². The minimum absolute atomic E-state index is 0.124. The topological polar surface area (TPSA) is 98.0 Å². The van der Waals surface area contributed by atoms with Crippen LogP contribution in [0.4, 0.5) is 5.69 Å². The van der Waals surface area contributed by atoms with Crippen molar-refractivity contribution < 1.29 is 4.74 Å². The van der Waals surface area contributed by atoms with E-state index in [4.69, 9.17) is 16.2 Å². The molecule has 1 aliphatic heterocycles. The van der Waals surface area contributed by atoms with E-state index < -0.39 is 0 Å². The normalized spacial score (nSPS) is 17.1. The van der Waals surface area contributed by atoms with Crippen LogP contribution in [-0.2, 0) is 0 Å². The Labute approximate surface area is 116 Å². The van der Waals surface area contributed by atoms with Crippen molar-refractivity contribution in [3.63, 3.8) is 0 Å². The molecule has 1 aromatic carbocycles. The zero-order chi connectivity index (χ0) is 14.1. The first-order chi connectivity index (χ1) is 9.70. The van der Waals surface area contributed by atoms with Gasteiger partial charge in [-0.15, -0.1) is 0 Å². The van der Waals surface area contributed by atoms with E-state index in [1.54, 1.807) is 30.6 Å². The molecule has 3 rings (SSSR count). The Balaban J connectivity index is 2.24. The van der Waals surface area contributed by atoms with Crippen LogP contribution in [-0.4, -0.2) is 4.98 Å². The van der Waals surface area contributed by atoms with Crippen molar-refractivity contribution in [1.82, 2.24) is 4.98 Å². The van der Waals surface area contributed by atoms with Gasteiger partial charge in [-0.05, 0) is 29.8 Å². The van der Waals surface area contributed by atoms with Crippen molar-refractivity contribution in [2.45, 2.75) is 5.92 Å². The maximum Gasteiger partial charge on any atom is 0.205 e. The number of fused-ring (bicyclic) bond motifs is 1. The molecule has 0 aliphatic carbocycles. The number of allylic oxidation sites excluding steroid dienone is 1. The number of pyridine rings is 1. The van der Waals surface area contributed by atoms with Crippen LogP contribution >= 0.6 is 0 Å². The minimum Gasteiger partial charge on any atom is -0.440 e. The van der Waals surface area contributed by atoms with Crippen LogP contribution in [0.3, 0.4) is 0 Å². The predicted molar refractivity (Wildman–Crippen MR) is 74.4 cm³/mol. The van der Waals surface area contributed by atoms with E-state index in [0.29, 0.717) is 17.0 Å². The van der Waals surface area contributed by atoms with Crippen molar-refractivity contribution >= 4 is 5.69 Å². The van der Waals surface area contributed by atoms with Gasteiger partial charge in [-0.25, -0.2) is 0 Å². The van der Waals surface area contributed by atoms with Gasteiger partial charge in [0.25, 0.3) is 0 Å².